The molecule has 0 fully saturated rings. The van der Waals surface area contributed by atoms with E-state index in [1.165, 1.54) is 14.2 Å². The van der Waals surface area contributed by atoms with Crippen molar-refractivity contribution in [2.75, 3.05) is 20.0 Å². The highest BCUT2D eigenvalue weighted by Crippen LogP contribution is 2.43. The van der Waals surface area contributed by atoms with E-state index in [1.807, 2.05) is 6.92 Å². The van der Waals surface area contributed by atoms with Crippen LogP contribution in [0.1, 0.15) is 22.8 Å². The van der Waals surface area contributed by atoms with Crippen LogP contribution in [-0.4, -0.2) is 26.3 Å². The lowest BCUT2D eigenvalue weighted by atomic mass is 10.0. The highest BCUT2D eigenvalue weighted by Gasteiger charge is 2.29. The van der Waals surface area contributed by atoms with E-state index in [9.17, 15) is 4.79 Å². The molecule has 0 aliphatic carbocycles. The minimum absolute atomic E-state index is 0.0362. The molecule has 1 aliphatic heterocycles. The lowest BCUT2D eigenvalue weighted by molar-refractivity contribution is 0.0601. The summed E-state index contributed by atoms with van der Waals surface area (Å²) in [5, 5.41) is 0. The second-order valence-electron chi connectivity index (χ2n) is 3.97. The van der Waals surface area contributed by atoms with Gasteiger partial charge in [-0.15, -0.1) is 0 Å². The van der Waals surface area contributed by atoms with Crippen molar-refractivity contribution in [3.05, 3.63) is 17.2 Å². The molecule has 1 aromatic rings. The third-order valence-corrected chi connectivity index (χ3v) is 2.82. The van der Waals surface area contributed by atoms with Gasteiger partial charge in [-0.25, -0.2) is 4.79 Å². The molecule has 0 aromatic heterocycles. The Morgan fingerprint density at radius 2 is 2.24 bits per heavy atom. The number of esters is 1. The average molecular weight is 237 g/mol. The Kier molecular flexibility index (Phi) is 2.83. The number of benzene rings is 1. The van der Waals surface area contributed by atoms with Crippen molar-refractivity contribution in [3.8, 4) is 11.5 Å². The van der Waals surface area contributed by atoms with Gasteiger partial charge < -0.3 is 19.9 Å². The Morgan fingerprint density at radius 3 is 2.82 bits per heavy atom. The summed E-state index contributed by atoms with van der Waals surface area (Å²) in [6, 6.07) is 1.55. The van der Waals surface area contributed by atoms with E-state index in [1.54, 1.807) is 6.07 Å². The molecule has 5 nitrogen and oxygen atoms in total. The predicted molar refractivity (Wildman–Crippen MR) is 62.5 cm³/mol. The van der Waals surface area contributed by atoms with Crippen molar-refractivity contribution in [1.29, 1.82) is 0 Å². The first-order valence-electron chi connectivity index (χ1n) is 5.32. The Morgan fingerprint density at radius 1 is 1.53 bits per heavy atom. The summed E-state index contributed by atoms with van der Waals surface area (Å²) in [6.07, 6.45) is 0.705. The number of hydrogen-bond acceptors (Lipinski definition) is 5. The molecule has 92 valence electrons. The van der Waals surface area contributed by atoms with Gasteiger partial charge in [-0.05, 0) is 6.92 Å². The topological polar surface area (TPSA) is 70.8 Å². The molecule has 0 saturated carbocycles. The second kappa shape index (κ2) is 4.16. The zero-order chi connectivity index (χ0) is 12.6. The van der Waals surface area contributed by atoms with Gasteiger partial charge in [0.15, 0.2) is 11.5 Å². The monoisotopic (exact) mass is 237 g/mol. The molecule has 2 rings (SSSR count). The molecular weight excluding hydrogens is 222 g/mol. The second-order valence-corrected chi connectivity index (χ2v) is 3.97. The normalized spacial score (nSPS) is 17.2. The molecule has 1 unspecified atom stereocenters. The summed E-state index contributed by atoms with van der Waals surface area (Å²) in [6.45, 7) is 1.94. The minimum Gasteiger partial charge on any atom is -0.493 e. The molecule has 0 spiro atoms. The largest absolute Gasteiger partial charge is 0.493 e. The number of carbonyl (C=O) groups is 1. The molecule has 0 amide bonds. The van der Waals surface area contributed by atoms with Crippen molar-refractivity contribution in [3.63, 3.8) is 0 Å². The van der Waals surface area contributed by atoms with E-state index in [2.05, 4.69) is 4.74 Å². The molecule has 0 radical (unpaired) electrons. The quantitative estimate of drug-likeness (QED) is 0.621. The smallest absolute Gasteiger partial charge is 0.340 e. The molecule has 0 bridgehead atoms. The Labute approximate surface area is 99.5 Å². The van der Waals surface area contributed by atoms with Crippen LogP contribution in [0.25, 0.3) is 0 Å². The Hall–Kier alpha value is -1.91. The summed E-state index contributed by atoms with van der Waals surface area (Å²) < 4.78 is 15.5. The molecular formula is C12H15NO4. The SMILES string of the molecule is COC(=O)c1cc(OC)c2c(c1N)CC(C)O2. The van der Waals surface area contributed by atoms with Crippen molar-refractivity contribution in [1.82, 2.24) is 0 Å². The van der Waals surface area contributed by atoms with Crippen LogP contribution in [0, 0.1) is 0 Å². The maximum atomic E-state index is 11.6. The minimum atomic E-state index is -0.469. The van der Waals surface area contributed by atoms with Crippen LogP contribution in [-0.2, 0) is 11.2 Å². The van der Waals surface area contributed by atoms with Gasteiger partial charge in [0.25, 0.3) is 0 Å². The fourth-order valence-electron chi connectivity index (χ4n) is 2.00. The van der Waals surface area contributed by atoms with E-state index in [0.717, 1.165) is 5.56 Å². The first-order valence-corrected chi connectivity index (χ1v) is 5.32. The Balaban J connectivity index is 2.59. The first-order chi connectivity index (χ1) is 8.08. The lowest BCUT2D eigenvalue weighted by Gasteiger charge is -2.12. The first kappa shape index (κ1) is 11.6. The van der Waals surface area contributed by atoms with Gasteiger partial charge in [0.2, 0.25) is 0 Å². The van der Waals surface area contributed by atoms with E-state index < -0.39 is 5.97 Å². The molecule has 17 heavy (non-hydrogen) atoms. The van der Waals surface area contributed by atoms with Crippen LogP contribution in [0.3, 0.4) is 0 Å². The molecule has 2 N–H and O–H groups in total. The standard InChI is InChI=1S/C12H15NO4/c1-6-4-7-10(13)8(12(14)16-3)5-9(15-2)11(7)17-6/h5-6H,4,13H2,1-3H3. The van der Waals surface area contributed by atoms with Crippen molar-refractivity contribution in [2.24, 2.45) is 0 Å². The number of ether oxygens (including phenoxy) is 3. The third kappa shape index (κ3) is 1.77. The van der Waals surface area contributed by atoms with Crippen LogP contribution < -0.4 is 15.2 Å². The van der Waals surface area contributed by atoms with E-state index >= 15 is 0 Å². The number of nitrogens with two attached hydrogens (primary N) is 1. The summed E-state index contributed by atoms with van der Waals surface area (Å²) in [7, 11) is 2.85. The summed E-state index contributed by atoms with van der Waals surface area (Å²) in [5.74, 6) is 0.673. The van der Waals surface area contributed by atoms with E-state index in [4.69, 9.17) is 15.2 Å². The molecule has 1 heterocycles. The van der Waals surface area contributed by atoms with Crippen LogP contribution in [0.2, 0.25) is 0 Å². The van der Waals surface area contributed by atoms with Crippen molar-refractivity contribution >= 4 is 11.7 Å². The zero-order valence-electron chi connectivity index (χ0n) is 10.1. The van der Waals surface area contributed by atoms with Gasteiger partial charge in [0.1, 0.15) is 6.10 Å². The number of rotatable bonds is 2. The van der Waals surface area contributed by atoms with Gasteiger partial charge in [0, 0.05) is 18.1 Å². The van der Waals surface area contributed by atoms with Crippen LogP contribution in [0.15, 0.2) is 6.07 Å². The van der Waals surface area contributed by atoms with E-state index in [-0.39, 0.29) is 6.10 Å². The molecule has 1 atom stereocenters. The molecule has 1 aliphatic rings. The van der Waals surface area contributed by atoms with E-state index in [0.29, 0.717) is 29.2 Å². The number of methoxy groups -OCH3 is 2. The zero-order valence-corrected chi connectivity index (χ0v) is 10.1. The van der Waals surface area contributed by atoms with Crippen molar-refractivity contribution < 1.29 is 19.0 Å². The van der Waals surface area contributed by atoms with Gasteiger partial charge >= 0.3 is 5.97 Å². The number of carbonyl (C=O) groups excluding carboxylic acids is 1. The van der Waals surface area contributed by atoms with Gasteiger partial charge in [-0.3, -0.25) is 0 Å². The fourth-order valence-corrected chi connectivity index (χ4v) is 2.00. The number of hydrogen-bond donors (Lipinski definition) is 1. The highest BCUT2D eigenvalue weighted by molar-refractivity contribution is 5.97. The maximum Gasteiger partial charge on any atom is 0.340 e. The van der Waals surface area contributed by atoms with Crippen LogP contribution in [0.4, 0.5) is 5.69 Å². The summed E-state index contributed by atoms with van der Waals surface area (Å²) >= 11 is 0. The van der Waals surface area contributed by atoms with Crippen LogP contribution in [0.5, 0.6) is 11.5 Å². The van der Waals surface area contributed by atoms with Gasteiger partial charge in [-0.2, -0.15) is 0 Å². The van der Waals surface area contributed by atoms with Crippen molar-refractivity contribution in [2.45, 2.75) is 19.4 Å². The number of anilines is 1. The predicted octanol–water partition coefficient (Wildman–Crippen LogP) is 1.39. The van der Waals surface area contributed by atoms with Gasteiger partial charge in [-0.1, -0.05) is 0 Å². The van der Waals surface area contributed by atoms with Gasteiger partial charge in [0.05, 0.1) is 25.5 Å². The Bertz CT molecular complexity index is 470. The molecule has 1 aromatic carbocycles. The molecule has 0 saturated heterocycles. The average Bonchev–Trinajstić information content (AvgIpc) is 2.71. The third-order valence-electron chi connectivity index (χ3n) is 2.82. The number of nitrogen functional groups attached to an aromatic ring is 1. The fraction of sp³-hybridized carbons (Fsp3) is 0.417. The summed E-state index contributed by atoms with van der Waals surface area (Å²) in [5.41, 5.74) is 7.51. The number of fused-ring (bicyclic) bond motifs is 1. The highest BCUT2D eigenvalue weighted by atomic mass is 16.5. The van der Waals surface area contributed by atoms with Crippen LogP contribution >= 0.6 is 0 Å². The summed E-state index contributed by atoms with van der Waals surface area (Å²) in [4.78, 5) is 11.6. The lowest BCUT2D eigenvalue weighted by Crippen LogP contribution is -2.08. The molecule has 5 heteroatoms. The maximum absolute atomic E-state index is 11.6.